The zero-order chi connectivity index (χ0) is 12.5. The summed E-state index contributed by atoms with van der Waals surface area (Å²) in [7, 11) is 0. The van der Waals surface area contributed by atoms with Gasteiger partial charge in [0.1, 0.15) is 0 Å². The molecule has 2 heteroatoms. The van der Waals surface area contributed by atoms with E-state index < -0.39 is 0 Å². The van der Waals surface area contributed by atoms with Gasteiger partial charge < -0.3 is 5.73 Å². The quantitative estimate of drug-likeness (QED) is 0.787. The van der Waals surface area contributed by atoms with E-state index in [1.54, 1.807) is 0 Å². The van der Waals surface area contributed by atoms with E-state index in [0.29, 0.717) is 6.54 Å². The Bertz CT molecular complexity index is 458. The molecule has 2 rings (SSSR count). The standard InChI is InChI=1S/C15H18ClN/c1-11(10-17)9-12(2)15(7-8-15)13-5-3-4-6-14(13)16/h3-6H,1-2,7-10,17H2. The predicted molar refractivity (Wildman–Crippen MR) is 74.3 cm³/mol. The van der Waals surface area contributed by atoms with Crippen LogP contribution < -0.4 is 5.73 Å². The molecule has 2 N–H and O–H groups in total. The molecule has 0 aromatic heterocycles. The van der Waals surface area contributed by atoms with Gasteiger partial charge in [-0.1, -0.05) is 54.1 Å². The number of rotatable bonds is 5. The molecule has 0 aliphatic heterocycles. The van der Waals surface area contributed by atoms with E-state index in [-0.39, 0.29) is 5.41 Å². The molecule has 0 heterocycles. The number of halogens is 1. The van der Waals surface area contributed by atoms with E-state index in [1.807, 2.05) is 18.2 Å². The van der Waals surface area contributed by atoms with E-state index in [2.05, 4.69) is 19.2 Å². The summed E-state index contributed by atoms with van der Waals surface area (Å²) < 4.78 is 0. The van der Waals surface area contributed by atoms with E-state index in [4.69, 9.17) is 17.3 Å². The van der Waals surface area contributed by atoms with Crippen molar-refractivity contribution in [1.29, 1.82) is 0 Å². The number of allylic oxidation sites excluding steroid dienone is 1. The Balaban J connectivity index is 2.23. The largest absolute Gasteiger partial charge is 0.327 e. The average Bonchev–Trinajstić information content (AvgIpc) is 3.10. The molecule has 1 aliphatic rings. The van der Waals surface area contributed by atoms with E-state index in [0.717, 1.165) is 29.9 Å². The van der Waals surface area contributed by atoms with Crippen LogP contribution in [-0.2, 0) is 5.41 Å². The van der Waals surface area contributed by atoms with Crippen molar-refractivity contribution in [3.63, 3.8) is 0 Å². The van der Waals surface area contributed by atoms with Gasteiger partial charge in [0.25, 0.3) is 0 Å². The van der Waals surface area contributed by atoms with Gasteiger partial charge in [-0.15, -0.1) is 0 Å². The van der Waals surface area contributed by atoms with Gasteiger partial charge >= 0.3 is 0 Å². The maximum absolute atomic E-state index is 6.28. The summed E-state index contributed by atoms with van der Waals surface area (Å²) in [6.45, 7) is 8.70. The van der Waals surface area contributed by atoms with E-state index >= 15 is 0 Å². The third kappa shape index (κ3) is 2.31. The van der Waals surface area contributed by atoms with Crippen molar-refractivity contribution < 1.29 is 0 Å². The highest BCUT2D eigenvalue weighted by molar-refractivity contribution is 6.31. The van der Waals surface area contributed by atoms with E-state index in [9.17, 15) is 0 Å². The second-order valence-corrected chi connectivity index (χ2v) is 5.20. The molecule has 0 amide bonds. The Morgan fingerprint density at radius 3 is 2.47 bits per heavy atom. The molecule has 0 atom stereocenters. The molecule has 1 nitrogen and oxygen atoms in total. The molecule has 90 valence electrons. The van der Waals surface area contributed by atoms with Gasteiger partial charge in [-0.25, -0.2) is 0 Å². The Kier molecular flexibility index (Phi) is 3.41. The van der Waals surface area contributed by atoms with Gasteiger partial charge in [0.2, 0.25) is 0 Å². The van der Waals surface area contributed by atoms with Crippen LogP contribution in [0.2, 0.25) is 5.02 Å². The van der Waals surface area contributed by atoms with Crippen molar-refractivity contribution in [2.45, 2.75) is 24.7 Å². The fraction of sp³-hybridized carbons (Fsp3) is 0.333. The number of hydrogen-bond acceptors (Lipinski definition) is 1. The van der Waals surface area contributed by atoms with Crippen molar-refractivity contribution >= 4 is 11.6 Å². The van der Waals surface area contributed by atoms with Gasteiger partial charge in [-0.2, -0.15) is 0 Å². The van der Waals surface area contributed by atoms with Crippen molar-refractivity contribution in [2.24, 2.45) is 5.73 Å². The first-order valence-electron chi connectivity index (χ1n) is 5.90. The third-order valence-corrected chi connectivity index (χ3v) is 3.90. The van der Waals surface area contributed by atoms with Crippen LogP contribution >= 0.6 is 11.6 Å². The highest BCUT2D eigenvalue weighted by atomic mass is 35.5. The molecular formula is C15H18ClN. The maximum atomic E-state index is 6.28. The summed E-state index contributed by atoms with van der Waals surface area (Å²) in [5, 5.41) is 0.838. The minimum absolute atomic E-state index is 0.0798. The Morgan fingerprint density at radius 1 is 1.29 bits per heavy atom. The highest BCUT2D eigenvalue weighted by Crippen LogP contribution is 2.56. The second-order valence-electron chi connectivity index (χ2n) is 4.80. The summed E-state index contributed by atoms with van der Waals surface area (Å²) >= 11 is 6.28. The number of nitrogens with two attached hydrogens (primary N) is 1. The first kappa shape index (κ1) is 12.4. The topological polar surface area (TPSA) is 26.0 Å². The maximum Gasteiger partial charge on any atom is 0.0446 e. The zero-order valence-electron chi connectivity index (χ0n) is 10.0. The molecule has 0 unspecified atom stereocenters. The normalized spacial score (nSPS) is 16.6. The van der Waals surface area contributed by atoms with Crippen molar-refractivity contribution in [3.8, 4) is 0 Å². The Morgan fingerprint density at radius 2 is 1.94 bits per heavy atom. The summed E-state index contributed by atoms with van der Waals surface area (Å²) in [6.07, 6.45) is 3.07. The lowest BCUT2D eigenvalue weighted by Crippen LogP contribution is -2.13. The Labute approximate surface area is 108 Å². The molecule has 1 aliphatic carbocycles. The summed E-state index contributed by atoms with van der Waals surface area (Å²) in [6, 6.07) is 8.05. The molecule has 1 saturated carbocycles. The van der Waals surface area contributed by atoms with Gasteiger partial charge in [-0.05, 0) is 30.9 Å². The summed E-state index contributed by atoms with van der Waals surface area (Å²) in [5.41, 5.74) is 9.10. The molecule has 1 aromatic carbocycles. The van der Waals surface area contributed by atoms with Crippen LogP contribution in [0.4, 0.5) is 0 Å². The molecule has 0 saturated heterocycles. The van der Waals surface area contributed by atoms with Crippen LogP contribution in [0, 0.1) is 0 Å². The third-order valence-electron chi connectivity index (χ3n) is 3.57. The van der Waals surface area contributed by atoms with Crippen LogP contribution in [0.1, 0.15) is 24.8 Å². The van der Waals surface area contributed by atoms with Crippen molar-refractivity contribution in [2.75, 3.05) is 6.54 Å². The van der Waals surface area contributed by atoms with Gasteiger partial charge in [0.05, 0.1) is 0 Å². The average molecular weight is 248 g/mol. The fourth-order valence-corrected chi connectivity index (χ4v) is 2.65. The minimum Gasteiger partial charge on any atom is -0.327 e. The van der Waals surface area contributed by atoms with Crippen LogP contribution in [0.25, 0.3) is 0 Å². The second kappa shape index (κ2) is 4.67. The lowest BCUT2D eigenvalue weighted by molar-refractivity contribution is 0.782. The smallest absolute Gasteiger partial charge is 0.0446 e. The SMILES string of the molecule is C=C(CN)CC(=C)C1(c2ccccc2Cl)CC1. The van der Waals surface area contributed by atoms with Crippen molar-refractivity contribution in [3.05, 3.63) is 59.2 Å². The van der Waals surface area contributed by atoms with Crippen molar-refractivity contribution in [1.82, 2.24) is 0 Å². The number of benzene rings is 1. The van der Waals surface area contributed by atoms with E-state index in [1.165, 1.54) is 11.1 Å². The Hall–Kier alpha value is -1.05. The van der Waals surface area contributed by atoms with Crippen LogP contribution in [0.3, 0.4) is 0 Å². The lowest BCUT2D eigenvalue weighted by Gasteiger charge is -2.21. The molecule has 1 fully saturated rings. The molecule has 0 bridgehead atoms. The van der Waals surface area contributed by atoms with Gasteiger partial charge in [0.15, 0.2) is 0 Å². The molecule has 0 spiro atoms. The molecule has 0 radical (unpaired) electrons. The molecule has 17 heavy (non-hydrogen) atoms. The van der Waals surface area contributed by atoms with Gasteiger partial charge in [0, 0.05) is 17.0 Å². The van der Waals surface area contributed by atoms with Crippen LogP contribution in [0.5, 0.6) is 0 Å². The first-order valence-corrected chi connectivity index (χ1v) is 6.28. The highest BCUT2D eigenvalue weighted by Gasteiger charge is 2.47. The predicted octanol–water partition coefficient (Wildman–Crippen LogP) is 3.83. The summed E-state index contributed by atoms with van der Waals surface area (Å²) in [5.74, 6) is 0. The molecular weight excluding hydrogens is 230 g/mol. The first-order chi connectivity index (χ1) is 8.10. The zero-order valence-corrected chi connectivity index (χ0v) is 10.8. The lowest BCUT2D eigenvalue weighted by atomic mass is 9.85. The fourth-order valence-electron chi connectivity index (χ4n) is 2.33. The van der Waals surface area contributed by atoms with Gasteiger partial charge in [-0.3, -0.25) is 0 Å². The number of hydrogen-bond donors (Lipinski definition) is 1. The van der Waals surface area contributed by atoms with Crippen LogP contribution in [-0.4, -0.2) is 6.54 Å². The molecule has 1 aromatic rings. The summed E-state index contributed by atoms with van der Waals surface area (Å²) in [4.78, 5) is 0. The monoisotopic (exact) mass is 247 g/mol. The minimum atomic E-state index is 0.0798. The van der Waals surface area contributed by atoms with Crippen LogP contribution in [0.15, 0.2) is 48.6 Å².